The molecule has 2 N–H and O–H groups in total. The van der Waals surface area contributed by atoms with Gasteiger partial charge in [0, 0.05) is 0 Å². The van der Waals surface area contributed by atoms with Crippen LogP contribution >= 0.6 is 11.8 Å². The van der Waals surface area contributed by atoms with Crippen LogP contribution in [0.4, 0.5) is 5.69 Å². The number of aliphatic imine (C=N–C) groups is 1. The number of aromatic hydroxyl groups is 1. The molecule has 0 aromatic heterocycles. The molecule has 2 aromatic rings. The minimum atomic E-state index is -0.684. The summed E-state index contributed by atoms with van der Waals surface area (Å²) in [6, 6.07) is 11.9. The molecule has 1 aliphatic rings. The van der Waals surface area contributed by atoms with Gasteiger partial charge in [-0.1, -0.05) is 17.8 Å². The van der Waals surface area contributed by atoms with Crippen molar-refractivity contribution in [2.24, 2.45) is 4.99 Å². The van der Waals surface area contributed by atoms with Crippen molar-refractivity contribution in [2.45, 2.75) is 6.92 Å². The molecular formula is C22H21NO6S. The van der Waals surface area contributed by atoms with Gasteiger partial charge in [-0.05, 0) is 55.0 Å². The number of hydrogen-bond acceptors (Lipinski definition) is 8. The van der Waals surface area contributed by atoms with E-state index in [1.54, 1.807) is 42.5 Å². The highest BCUT2D eigenvalue weighted by molar-refractivity contribution is 8.18. The van der Waals surface area contributed by atoms with Gasteiger partial charge in [0.15, 0.2) is 11.5 Å². The van der Waals surface area contributed by atoms with E-state index in [2.05, 4.69) is 4.99 Å². The van der Waals surface area contributed by atoms with E-state index in [1.807, 2.05) is 6.92 Å². The summed E-state index contributed by atoms with van der Waals surface area (Å²) in [7, 11) is 2.69. The van der Waals surface area contributed by atoms with Crippen LogP contribution in [0.1, 0.15) is 12.5 Å². The minimum Gasteiger partial charge on any atom is -0.506 e. The molecule has 30 heavy (non-hydrogen) atoms. The maximum absolute atomic E-state index is 12.3. The molecule has 0 saturated carbocycles. The second-order valence-corrected chi connectivity index (χ2v) is 7.13. The molecule has 8 heteroatoms. The van der Waals surface area contributed by atoms with Gasteiger partial charge in [-0.25, -0.2) is 9.79 Å². The summed E-state index contributed by atoms with van der Waals surface area (Å²) in [4.78, 5) is 17.2. The molecule has 1 heterocycles. The van der Waals surface area contributed by atoms with Crippen LogP contribution in [0.2, 0.25) is 0 Å². The monoisotopic (exact) mass is 427 g/mol. The second kappa shape index (κ2) is 9.41. The Balaban J connectivity index is 1.98. The van der Waals surface area contributed by atoms with Crippen LogP contribution in [0, 0.1) is 0 Å². The van der Waals surface area contributed by atoms with E-state index in [-0.39, 0.29) is 17.1 Å². The van der Waals surface area contributed by atoms with Gasteiger partial charge in [0.1, 0.15) is 22.1 Å². The average molecular weight is 427 g/mol. The highest BCUT2D eigenvalue weighted by Gasteiger charge is 2.33. The third kappa shape index (κ3) is 4.60. The van der Waals surface area contributed by atoms with Gasteiger partial charge >= 0.3 is 5.97 Å². The van der Waals surface area contributed by atoms with Gasteiger partial charge in [-0.15, -0.1) is 0 Å². The van der Waals surface area contributed by atoms with E-state index >= 15 is 0 Å². The molecule has 1 aliphatic heterocycles. The number of phenols is 1. The van der Waals surface area contributed by atoms with Gasteiger partial charge in [0.2, 0.25) is 0 Å². The Labute approximate surface area is 178 Å². The fourth-order valence-corrected chi connectivity index (χ4v) is 3.76. The number of hydrogen-bond donors (Lipinski definition) is 2. The van der Waals surface area contributed by atoms with Crippen molar-refractivity contribution in [3.8, 4) is 17.2 Å². The first-order valence-corrected chi connectivity index (χ1v) is 9.88. The normalized spacial score (nSPS) is 16.2. The van der Waals surface area contributed by atoms with Gasteiger partial charge < -0.3 is 24.4 Å². The Bertz CT molecular complexity index is 1040. The third-order valence-corrected chi connectivity index (χ3v) is 5.18. The summed E-state index contributed by atoms with van der Waals surface area (Å²) in [6.07, 6.45) is 1.67. The Kier molecular flexibility index (Phi) is 6.68. The number of thioether (sulfide) groups is 1. The quantitative estimate of drug-likeness (QED) is 0.650. The molecule has 2 aromatic carbocycles. The summed E-state index contributed by atoms with van der Waals surface area (Å²) in [5.74, 6) is 0.118. The Morgan fingerprint density at radius 3 is 2.50 bits per heavy atom. The number of ether oxygens (including phenoxy) is 3. The van der Waals surface area contributed by atoms with Gasteiger partial charge in [-0.3, -0.25) is 0 Å². The first-order valence-electron chi connectivity index (χ1n) is 9.07. The first kappa shape index (κ1) is 21.3. The SMILES string of the molecule is CCOc1ccc(N=C2SC(=Cc3ccc(O)c(OC)c3)C(O)=C2C(=O)OC)cc1. The molecule has 0 spiro atoms. The second-order valence-electron chi connectivity index (χ2n) is 6.10. The minimum absolute atomic E-state index is 0.00601. The number of aliphatic hydroxyl groups excluding tert-OH is 1. The van der Waals surface area contributed by atoms with Crippen LogP contribution in [0.15, 0.2) is 63.7 Å². The highest BCUT2D eigenvalue weighted by Crippen LogP contribution is 2.41. The van der Waals surface area contributed by atoms with E-state index < -0.39 is 5.97 Å². The van der Waals surface area contributed by atoms with E-state index in [9.17, 15) is 15.0 Å². The smallest absolute Gasteiger partial charge is 0.344 e. The zero-order chi connectivity index (χ0) is 21.7. The van der Waals surface area contributed by atoms with Crippen molar-refractivity contribution in [1.29, 1.82) is 0 Å². The average Bonchev–Trinajstić information content (AvgIpc) is 3.05. The van der Waals surface area contributed by atoms with Crippen LogP contribution in [-0.4, -0.2) is 42.1 Å². The number of carbonyl (C=O) groups excluding carboxylic acids is 1. The summed E-state index contributed by atoms with van der Waals surface area (Å²) in [5, 5.41) is 20.7. The lowest BCUT2D eigenvalue weighted by Gasteiger charge is -2.05. The van der Waals surface area contributed by atoms with Crippen LogP contribution in [0.3, 0.4) is 0 Å². The zero-order valence-corrected chi connectivity index (χ0v) is 17.5. The van der Waals surface area contributed by atoms with Crippen molar-refractivity contribution in [3.63, 3.8) is 0 Å². The van der Waals surface area contributed by atoms with Crippen molar-refractivity contribution in [3.05, 3.63) is 64.3 Å². The fourth-order valence-electron chi connectivity index (χ4n) is 2.73. The van der Waals surface area contributed by atoms with Gasteiger partial charge in [-0.2, -0.15) is 0 Å². The lowest BCUT2D eigenvalue weighted by Crippen LogP contribution is -2.10. The number of benzene rings is 2. The van der Waals surface area contributed by atoms with Crippen molar-refractivity contribution in [1.82, 2.24) is 0 Å². The summed E-state index contributed by atoms with van der Waals surface area (Å²) in [5.41, 5.74) is 1.27. The lowest BCUT2D eigenvalue weighted by molar-refractivity contribution is -0.135. The fraction of sp³-hybridized carbons (Fsp3) is 0.182. The zero-order valence-electron chi connectivity index (χ0n) is 16.7. The molecule has 0 saturated heterocycles. The number of carbonyl (C=O) groups is 1. The predicted octanol–water partition coefficient (Wildman–Crippen LogP) is 4.60. The molecule has 156 valence electrons. The highest BCUT2D eigenvalue weighted by atomic mass is 32.2. The summed E-state index contributed by atoms with van der Waals surface area (Å²) in [6.45, 7) is 2.46. The first-order chi connectivity index (χ1) is 14.5. The Morgan fingerprint density at radius 2 is 1.87 bits per heavy atom. The van der Waals surface area contributed by atoms with Gasteiger partial charge in [0.25, 0.3) is 0 Å². The molecular weight excluding hydrogens is 406 g/mol. The molecule has 0 amide bonds. The number of nitrogens with zero attached hydrogens (tertiary/aromatic N) is 1. The van der Waals surface area contributed by atoms with Crippen LogP contribution < -0.4 is 9.47 Å². The van der Waals surface area contributed by atoms with Crippen LogP contribution in [0.5, 0.6) is 17.2 Å². The number of phenolic OH excluding ortho intramolecular Hbond substituents is 1. The third-order valence-electron chi connectivity index (χ3n) is 4.16. The van der Waals surface area contributed by atoms with Crippen molar-refractivity contribution < 1.29 is 29.2 Å². The lowest BCUT2D eigenvalue weighted by atomic mass is 10.1. The van der Waals surface area contributed by atoms with Crippen LogP contribution in [-0.2, 0) is 9.53 Å². The predicted molar refractivity (Wildman–Crippen MR) is 117 cm³/mol. The molecule has 0 atom stereocenters. The Morgan fingerprint density at radius 1 is 1.13 bits per heavy atom. The van der Waals surface area contributed by atoms with E-state index in [1.165, 1.54) is 20.3 Å². The molecule has 7 nitrogen and oxygen atoms in total. The number of esters is 1. The maximum Gasteiger partial charge on any atom is 0.344 e. The number of rotatable bonds is 6. The summed E-state index contributed by atoms with van der Waals surface area (Å²) >= 11 is 1.14. The summed E-state index contributed by atoms with van der Waals surface area (Å²) < 4.78 is 15.4. The van der Waals surface area contributed by atoms with E-state index in [0.29, 0.717) is 39.3 Å². The molecule has 0 fully saturated rings. The molecule has 0 radical (unpaired) electrons. The van der Waals surface area contributed by atoms with Crippen molar-refractivity contribution >= 4 is 34.5 Å². The van der Waals surface area contributed by atoms with Crippen LogP contribution in [0.25, 0.3) is 6.08 Å². The molecule has 0 aliphatic carbocycles. The topological polar surface area (TPSA) is 97.6 Å². The van der Waals surface area contributed by atoms with Crippen molar-refractivity contribution in [2.75, 3.05) is 20.8 Å². The van der Waals surface area contributed by atoms with Gasteiger partial charge in [0.05, 0.1) is 31.4 Å². The molecule has 0 bridgehead atoms. The maximum atomic E-state index is 12.3. The number of methoxy groups -OCH3 is 2. The number of aliphatic hydroxyl groups is 1. The molecule has 0 unspecified atom stereocenters. The van der Waals surface area contributed by atoms with E-state index in [4.69, 9.17) is 14.2 Å². The van der Waals surface area contributed by atoms with E-state index in [0.717, 1.165) is 11.8 Å². The Hall–Kier alpha value is -3.39. The molecule has 3 rings (SSSR count). The largest absolute Gasteiger partial charge is 0.506 e. The standard InChI is InChI=1S/C22H21NO6S/c1-4-29-15-8-6-14(7-9-15)23-21-19(22(26)28-3)20(25)18(30-21)12-13-5-10-16(24)17(11-13)27-2/h5-12,24-25H,4H2,1-3H3.